The van der Waals surface area contributed by atoms with Crippen LogP contribution in [0.4, 0.5) is 0 Å². The molecular weight excluding hydrogens is 268 g/mol. The fourth-order valence-electron chi connectivity index (χ4n) is 1.59. The number of nitriles is 1. The largest absolute Gasteiger partial charge is 0.353 e. The zero-order chi connectivity index (χ0) is 16.8. The summed E-state index contributed by atoms with van der Waals surface area (Å²) in [6, 6.07) is 1.72. The van der Waals surface area contributed by atoms with E-state index in [0.717, 1.165) is 0 Å². The van der Waals surface area contributed by atoms with Gasteiger partial charge in [-0.2, -0.15) is 5.26 Å². The van der Waals surface area contributed by atoms with Crippen molar-refractivity contribution in [3.8, 4) is 6.07 Å². The lowest BCUT2D eigenvalue weighted by Gasteiger charge is -2.31. The molecule has 0 aliphatic heterocycles. The number of nitrogens with one attached hydrogen (secondary N) is 2. The molecule has 0 fully saturated rings. The summed E-state index contributed by atoms with van der Waals surface area (Å²) in [5.74, 6) is -0.389. The first kappa shape index (κ1) is 19.4. The highest BCUT2D eigenvalue weighted by Crippen LogP contribution is 2.15. The maximum atomic E-state index is 12.2. The lowest BCUT2D eigenvalue weighted by Crippen LogP contribution is -2.55. The van der Waals surface area contributed by atoms with Gasteiger partial charge in [-0.3, -0.25) is 14.5 Å². The van der Waals surface area contributed by atoms with Gasteiger partial charge in [-0.05, 0) is 40.7 Å². The summed E-state index contributed by atoms with van der Waals surface area (Å²) in [6.07, 6.45) is 0. The third kappa shape index (κ3) is 6.13. The van der Waals surface area contributed by atoms with Gasteiger partial charge in [0.25, 0.3) is 0 Å². The van der Waals surface area contributed by atoms with Gasteiger partial charge in [-0.15, -0.1) is 0 Å². The fraction of sp³-hybridized carbons (Fsp3) is 0.800. The lowest BCUT2D eigenvalue weighted by molar-refractivity contribution is -0.129. The number of rotatable bonds is 7. The highest BCUT2D eigenvalue weighted by atomic mass is 16.2. The standard InChI is InChI=1S/C15H28N4O2/c1-10(2)15(6,9-16)18-14(21)12(5)19(7)8-13(20)17-11(3)4/h10-12H,8H2,1-7H3,(H,17,20)(H,18,21)/t12-,15+/m0/s1. The number of hydrogen-bond acceptors (Lipinski definition) is 4. The van der Waals surface area contributed by atoms with Crippen LogP contribution in [0.5, 0.6) is 0 Å². The van der Waals surface area contributed by atoms with Crippen molar-refractivity contribution in [2.45, 2.75) is 59.2 Å². The molecule has 0 aromatic carbocycles. The van der Waals surface area contributed by atoms with Crippen molar-refractivity contribution in [1.82, 2.24) is 15.5 Å². The molecule has 0 rings (SSSR count). The van der Waals surface area contributed by atoms with Crippen LogP contribution < -0.4 is 10.6 Å². The molecule has 6 heteroatoms. The van der Waals surface area contributed by atoms with Crippen LogP contribution in [0.25, 0.3) is 0 Å². The number of carbonyl (C=O) groups excluding carboxylic acids is 2. The highest BCUT2D eigenvalue weighted by Gasteiger charge is 2.32. The van der Waals surface area contributed by atoms with Crippen molar-refractivity contribution in [3.63, 3.8) is 0 Å². The van der Waals surface area contributed by atoms with Gasteiger partial charge in [0.1, 0.15) is 5.54 Å². The van der Waals surface area contributed by atoms with Gasteiger partial charge in [0.2, 0.25) is 11.8 Å². The van der Waals surface area contributed by atoms with E-state index in [1.807, 2.05) is 27.7 Å². The van der Waals surface area contributed by atoms with E-state index in [0.29, 0.717) is 0 Å². The summed E-state index contributed by atoms with van der Waals surface area (Å²) < 4.78 is 0. The van der Waals surface area contributed by atoms with Gasteiger partial charge in [-0.1, -0.05) is 13.8 Å². The quantitative estimate of drug-likeness (QED) is 0.730. The number of nitrogens with zero attached hydrogens (tertiary/aromatic N) is 2. The zero-order valence-corrected chi connectivity index (χ0v) is 14.2. The van der Waals surface area contributed by atoms with E-state index in [1.54, 1.807) is 25.8 Å². The number of likely N-dealkylation sites (N-methyl/N-ethyl adjacent to an activating group) is 1. The molecule has 2 N–H and O–H groups in total. The van der Waals surface area contributed by atoms with E-state index in [4.69, 9.17) is 0 Å². The van der Waals surface area contributed by atoms with E-state index in [-0.39, 0.29) is 30.3 Å². The predicted octanol–water partition coefficient (Wildman–Crippen LogP) is 0.886. The average Bonchev–Trinajstić information content (AvgIpc) is 2.35. The second kappa shape index (κ2) is 7.99. The van der Waals surface area contributed by atoms with Crippen molar-refractivity contribution < 1.29 is 9.59 Å². The normalized spacial score (nSPS) is 15.5. The highest BCUT2D eigenvalue weighted by molar-refractivity contribution is 5.84. The molecule has 120 valence electrons. The molecule has 0 aliphatic rings. The Bertz CT molecular complexity index is 414. The van der Waals surface area contributed by atoms with Crippen LogP contribution in [-0.4, -0.2) is 47.9 Å². The monoisotopic (exact) mass is 296 g/mol. The molecule has 21 heavy (non-hydrogen) atoms. The van der Waals surface area contributed by atoms with Crippen molar-refractivity contribution in [2.75, 3.05) is 13.6 Å². The Kier molecular flexibility index (Phi) is 7.37. The van der Waals surface area contributed by atoms with Gasteiger partial charge in [-0.25, -0.2) is 0 Å². The molecule has 0 saturated heterocycles. The van der Waals surface area contributed by atoms with E-state index in [2.05, 4.69) is 16.7 Å². The Balaban J connectivity index is 4.64. The molecule has 2 amide bonds. The topological polar surface area (TPSA) is 85.2 Å². The predicted molar refractivity (Wildman–Crippen MR) is 82.4 cm³/mol. The summed E-state index contributed by atoms with van der Waals surface area (Å²) >= 11 is 0. The molecule has 6 nitrogen and oxygen atoms in total. The van der Waals surface area contributed by atoms with Gasteiger partial charge < -0.3 is 10.6 Å². The minimum atomic E-state index is -0.910. The zero-order valence-electron chi connectivity index (χ0n) is 14.2. The van der Waals surface area contributed by atoms with E-state index in [1.165, 1.54) is 0 Å². The summed E-state index contributed by atoms with van der Waals surface area (Å²) in [5, 5.41) is 14.8. The maximum Gasteiger partial charge on any atom is 0.238 e. The first-order chi connectivity index (χ1) is 9.53. The molecule has 0 unspecified atom stereocenters. The van der Waals surface area contributed by atoms with E-state index in [9.17, 15) is 14.9 Å². The molecule has 0 spiro atoms. The molecule has 0 aliphatic carbocycles. The first-order valence-electron chi connectivity index (χ1n) is 7.26. The summed E-state index contributed by atoms with van der Waals surface area (Å²) in [6.45, 7) is 11.1. The van der Waals surface area contributed by atoms with Crippen molar-refractivity contribution in [2.24, 2.45) is 5.92 Å². The van der Waals surface area contributed by atoms with Crippen LogP contribution in [0.1, 0.15) is 41.5 Å². The Hall–Kier alpha value is -1.61. The van der Waals surface area contributed by atoms with Gasteiger partial charge in [0.15, 0.2) is 0 Å². The molecule has 2 atom stereocenters. The van der Waals surface area contributed by atoms with Crippen LogP contribution in [0.15, 0.2) is 0 Å². The van der Waals surface area contributed by atoms with Crippen LogP contribution in [0.3, 0.4) is 0 Å². The van der Waals surface area contributed by atoms with Crippen molar-refractivity contribution >= 4 is 11.8 Å². The van der Waals surface area contributed by atoms with E-state index < -0.39 is 11.6 Å². The molecule has 0 heterocycles. The number of amides is 2. The summed E-state index contributed by atoms with van der Waals surface area (Å²) in [5.41, 5.74) is -0.910. The van der Waals surface area contributed by atoms with Crippen molar-refractivity contribution in [3.05, 3.63) is 0 Å². The third-order valence-electron chi connectivity index (χ3n) is 3.65. The number of carbonyl (C=O) groups is 2. The third-order valence-corrected chi connectivity index (χ3v) is 3.65. The molecule has 0 radical (unpaired) electrons. The molecule has 0 aromatic heterocycles. The Morgan fingerprint density at radius 2 is 1.76 bits per heavy atom. The fourth-order valence-corrected chi connectivity index (χ4v) is 1.59. The van der Waals surface area contributed by atoms with Crippen molar-refractivity contribution in [1.29, 1.82) is 5.26 Å². The van der Waals surface area contributed by atoms with Crippen LogP contribution in [0, 0.1) is 17.2 Å². The van der Waals surface area contributed by atoms with Crippen LogP contribution >= 0.6 is 0 Å². The van der Waals surface area contributed by atoms with Crippen LogP contribution in [0.2, 0.25) is 0 Å². The lowest BCUT2D eigenvalue weighted by atomic mass is 9.90. The average molecular weight is 296 g/mol. The maximum absolute atomic E-state index is 12.2. The Morgan fingerprint density at radius 3 is 2.14 bits per heavy atom. The summed E-state index contributed by atoms with van der Waals surface area (Å²) in [7, 11) is 1.71. The molecule has 0 bridgehead atoms. The van der Waals surface area contributed by atoms with Gasteiger partial charge in [0, 0.05) is 6.04 Å². The summed E-state index contributed by atoms with van der Waals surface area (Å²) in [4.78, 5) is 25.6. The Labute approximate surface area is 127 Å². The molecular formula is C15H28N4O2. The SMILES string of the molecule is CC(C)NC(=O)CN(C)[C@@H](C)C(=O)N[C@](C)(C#N)C(C)C. The molecule has 0 aromatic rings. The van der Waals surface area contributed by atoms with Gasteiger partial charge >= 0.3 is 0 Å². The Morgan fingerprint density at radius 1 is 1.24 bits per heavy atom. The number of hydrogen-bond donors (Lipinski definition) is 2. The molecule has 0 saturated carbocycles. The van der Waals surface area contributed by atoms with Gasteiger partial charge in [0.05, 0.1) is 18.7 Å². The van der Waals surface area contributed by atoms with Crippen LogP contribution in [-0.2, 0) is 9.59 Å². The minimum absolute atomic E-state index is 0.00630. The smallest absolute Gasteiger partial charge is 0.238 e. The second-order valence-electron chi connectivity index (χ2n) is 6.27. The first-order valence-corrected chi connectivity index (χ1v) is 7.26. The second-order valence-corrected chi connectivity index (χ2v) is 6.27. The minimum Gasteiger partial charge on any atom is -0.353 e. The van der Waals surface area contributed by atoms with E-state index >= 15 is 0 Å².